The molecule has 0 radical (unpaired) electrons. The van der Waals surface area contributed by atoms with E-state index >= 15 is 0 Å². The predicted octanol–water partition coefficient (Wildman–Crippen LogP) is 3.31. The van der Waals surface area contributed by atoms with Gasteiger partial charge in [0.05, 0.1) is 11.9 Å². The first-order valence-corrected chi connectivity index (χ1v) is 6.64. The summed E-state index contributed by atoms with van der Waals surface area (Å²) in [5.74, 6) is 0.891. The van der Waals surface area contributed by atoms with Crippen molar-refractivity contribution in [2.45, 2.75) is 32.4 Å². The number of nitrogens with zero attached hydrogens (tertiary/aromatic N) is 2. The summed E-state index contributed by atoms with van der Waals surface area (Å²) >= 11 is 6.22. The Balaban J connectivity index is 2.15. The lowest BCUT2D eigenvalue weighted by Crippen LogP contribution is -2.25. The average Bonchev–Trinajstić information content (AvgIpc) is 2.70. The van der Waals surface area contributed by atoms with Crippen LogP contribution in [0.4, 0.5) is 0 Å². The van der Waals surface area contributed by atoms with Crippen LogP contribution in [0, 0.1) is 6.92 Å². The van der Waals surface area contributed by atoms with Crippen molar-refractivity contribution in [3.63, 3.8) is 0 Å². The van der Waals surface area contributed by atoms with Gasteiger partial charge in [0.2, 0.25) is 0 Å². The summed E-state index contributed by atoms with van der Waals surface area (Å²) in [5, 5.41) is 0.598. The van der Waals surface area contributed by atoms with Crippen LogP contribution < -0.4 is 5.73 Å². The summed E-state index contributed by atoms with van der Waals surface area (Å²) in [6, 6.07) is 8.31. The standard InChI is InChI=1S/C14H16ClN3/c1-9-5-7-10(8-6-9)14-17-13(15)11-3-2-4-12(16)18(11)14/h5-8,12H,2-4,16H2,1H3. The number of rotatable bonds is 1. The molecule has 2 aromatic rings. The number of nitrogens with two attached hydrogens (primary N) is 1. The van der Waals surface area contributed by atoms with Crippen LogP contribution in [0.2, 0.25) is 5.15 Å². The molecule has 4 heteroatoms. The number of fused-ring (bicyclic) bond motifs is 1. The molecule has 0 saturated heterocycles. The fraction of sp³-hybridized carbons (Fsp3) is 0.357. The first-order chi connectivity index (χ1) is 8.66. The van der Waals surface area contributed by atoms with Crippen LogP contribution in [-0.4, -0.2) is 9.55 Å². The summed E-state index contributed by atoms with van der Waals surface area (Å²) in [7, 11) is 0. The van der Waals surface area contributed by atoms with Crippen molar-refractivity contribution in [2.24, 2.45) is 5.73 Å². The Bertz CT molecular complexity index is 571. The zero-order valence-electron chi connectivity index (χ0n) is 10.4. The van der Waals surface area contributed by atoms with Crippen molar-refractivity contribution < 1.29 is 0 Å². The minimum absolute atomic E-state index is 0.00921. The van der Waals surface area contributed by atoms with E-state index in [0.717, 1.165) is 36.3 Å². The highest BCUT2D eigenvalue weighted by Crippen LogP contribution is 2.33. The maximum atomic E-state index is 6.22. The lowest BCUT2D eigenvalue weighted by molar-refractivity contribution is 0.418. The van der Waals surface area contributed by atoms with Crippen LogP contribution in [0.25, 0.3) is 11.4 Å². The Hall–Kier alpha value is -1.32. The van der Waals surface area contributed by atoms with Gasteiger partial charge in [0, 0.05) is 5.56 Å². The van der Waals surface area contributed by atoms with Gasteiger partial charge in [-0.1, -0.05) is 41.4 Å². The zero-order chi connectivity index (χ0) is 12.7. The van der Waals surface area contributed by atoms with Crippen molar-refractivity contribution in [3.05, 3.63) is 40.7 Å². The van der Waals surface area contributed by atoms with E-state index in [-0.39, 0.29) is 6.17 Å². The van der Waals surface area contributed by atoms with E-state index in [1.165, 1.54) is 5.56 Å². The van der Waals surface area contributed by atoms with Crippen molar-refractivity contribution in [1.29, 1.82) is 0 Å². The molecule has 3 rings (SSSR count). The molecule has 2 N–H and O–H groups in total. The zero-order valence-corrected chi connectivity index (χ0v) is 11.1. The molecule has 18 heavy (non-hydrogen) atoms. The highest BCUT2D eigenvalue weighted by atomic mass is 35.5. The molecule has 1 aromatic heterocycles. The van der Waals surface area contributed by atoms with E-state index in [0.29, 0.717) is 5.15 Å². The molecule has 0 fully saturated rings. The third-order valence-corrected chi connectivity index (χ3v) is 3.82. The Kier molecular flexibility index (Phi) is 2.88. The van der Waals surface area contributed by atoms with Gasteiger partial charge in [-0.2, -0.15) is 0 Å². The summed E-state index contributed by atoms with van der Waals surface area (Å²) < 4.78 is 2.09. The van der Waals surface area contributed by atoms with Gasteiger partial charge in [-0.05, 0) is 26.2 Å². The van der Waals surface area contributed by atoms with Crippen molar-refractivity contribution in [1.82, 2.24) is 9.55 Å². The van der Waals surface area contributed by atoms with E-state index in [9.17, 15) is 0 Å². The first kappa shape index (κ1) is 11.8. The topological polar surface area (TPSA) is 43.8 Å². The Morgan fingerprint density at radius 2 is 2.06 bits per heavy atom. The van der Waals surface area contributed by atoms with Crippen LogP contribution in [0.5, 0.6) is 0 Å². The number of hydrogen-bond donors (Lipinski definition) is 1. The quantitative estimate of drug-likeness (QED) is 0.856. The first-order valence-electron chi connectivity index (χ1n) is 6.26. The van der Waals surface area contributed by atoms with E-state index < -0.39 is 0 Å². The second kappa shape index (κ2) is 4.41. The molecular formula is C14H16ClN3. The number of benzene rings is 1. The molecule has 1 unspecified atom stereocenters. The van der Waals surface area contributed by atoms with E-state index in [4.69, 9.17) is 17.3 Å². The van der Waals surface area contributed by atoms with Gasteiger partial charge >= 0.3 is 0 Å². The summed E-state index contributed by atoms with van der Waals surface area (Å²) in [5.41, 5.74) is 9.58. The molecule has 0 aliphatic carbocycles. The van der Waals surface area contributed by atoms with E-state index in [1.807, 2.05) is 0 Å². The van der Waals surface area contributed by atoms with Crippen LogP contribution in [0.3, 0.4) is 0 Å². The van der Waals surface area contributed by atoms with Gasteiger partial charge in [-0.15, -0.1) is 0 Å². The Morgan fingerprint density at radius 1 is 1.33 bits per heavy atom. The number of halogens is 1. The molecule has 0 bridgehead atoms. The third kappa shape index (κ3) is 1.84. The molecule has 1 aliphatic rings. The second-order valence-electron chi connectivity index (χ2n) is 4.87. The molecule has 0 amide bonds. The molecule has 0 saturated carbocycles. The summed E-state index contributed by atoms with van der Waals surface area (Å²) in [4.78, 5) is 4.49. The van der Waals surface area contributed by atoms with Crippen molar-refractivity contribution in [2.75, 3.05) is 0 Å². The minimum Gasteiger partial charge on any atom is -0.311 e. The average molecular weight is 262 g/mol. The number of aryl methyl sites for hydroxylation is 1. The predicted molar refractivity (Wildman–Crippen MR) is 73.6 cm³/mol. The highest BCUT2D eigenvalue weighted by Gasteiger charge is 2.24. The maximum absolute atomic E-state index is 6.22. The Morgan fingerprint density at radius 3 is 2.78 bits per heavy atom. The van der Waals surface area contributed by atoms with Crippen molar-refractivity contribution in [3.8, 4) is 11.4 Å². The maximum Gasteiger partial charge on any atom is 0.151 e. The fourth-order valence-electron chi connectivity index (χ4n) is 2.53. The van der Waals surface area contributed by atoms with Gasteiger partial charge in [0.1, 0.15) is 5.82 Å². The van der Waals surface area contributed by atoms with Crippen LogP contribution in [0.1, 0.15) is 30.3 Å². The van der Waals surface area contributed by atoms with Crippen LogP contribution in [0.15, 0.2) is 24.3 Å². The van der Waals surface area contributed by atoms with E-state index in [2.05, 4.69) is 40.7 Å². The van der Waals surface area contributed by atoms with Gasteiger partial charge < -0.3 is 10.3 Å². The van der Waals surface area contributed by atoms with Gasteiger partial charge in [0.15, 0.2) is 5.15 Å². The largest absolute Gasteiger partial charge is 0.311 e. The number of hydrogen-bond acceptors (Lipinski definition) is 2. The van der Waals surface area contributed by atoms with Crippen LogP contribution in [-0.2, 0) is 6.42 Å². The molecule has 0 spiro atoms. The lowest BCUT2D eigenvalue weighted by atomic mass is 10.1. The molecule has 3 nitrogen and oxygen atoms in total. The molecule has 94 valence electrons. The fourth-order valence-corrected chi connectivity index (χ4v) is 2.80. The SMILES string of the molecule is Cc1ccc(-c2nc(Cl)c3n2C(N)CCC3)cc1. The van der Waals surface area contributed by atoms with Gasteiger partial charge in [-0.25, -0.2) is 4.98 Å². The number of imidazole rings is 1. The molecule has 2 heterocycles. The van der Waals surface area contributed by atoms with Gasteiger partial charge in [0.25, 0.3) is 0 Å². The normalized spacial score (nSPS) is 18.7. The summed E-state index contributed by atoms with van der Waals surface area (Å²) in [6.45, 7) is 2.07. The smallest absolute Gasteiger partial charge is 0.151 e. The minimum atomic E-state index is -0.00921. The Labute approximate surface area is 112 Å². The van der Waals surface area contributed by atoms with Gasteiger partial charge in [-0.3, -0.25) is 0 Å². The van der Waals surface area contributed by atoms with Crippen molar-refractivity contribution >= 4 is 11.6 Å². The monoisotopic (exact) mass is 261 g/mol. The number of aromatic nitrogens is 2. The summed E-state index contributed by atoms with van der Waals surface area (Å²) in [6.07, 6.45) is 3.02. The third-order valence-electron chi connectivity index (χ3n) is 3.52. The molecule has 1 aromatic carbocycles. The van der Waals surface area contributed by atoms with E-state index in [1.54, 1.807) is 0 Å². The molecule has 1 aliphatic heterocycles. The molecule has 1 atom stereocenters. The highest BCUT2D eigenvalue weighted by molar-refractivity contribution is 6.30. The lowest BCUT2D eigenvalue weighted by Gasteiger charge is -2.24. The molecular weight excluding hydrogens is 246 g/mol. The second-order valence-corrected chi connectivity index (χ2v) is 5.23. The van der Waals surface area contributed by atoms with Crippen LogP contribution >= 0.6 is 11.6 Å².